The van der Waals surface area contributed by atoms with E-state index in [9.17, 15) is 18.0 Å². The van der Waals surface area contributed by atoms with Crippen molar-refractivity contribution in [2.45, 2.75) is 26.3 Å². The Labute approximate surface area is 183 Å². The Morgan fingerprint density at radius 2 is 1.87 bits per heavy atom. The highest BCUT2D eigenvalue weighted by molar-refractivity contribution is 6.33. The molecule has 1 aliphatic heterocycles. The maximum absolute atomic E-state index is 12.8. The monoisotopic (exact) mass is 456 g/mol. The highest BCUT2D eigenvalue weighted by Crippen LogP contribution is 2.33. The van der Waals surface area contributed by atoms with E-state index in [1.807, 2.05) is 31.2 Å². The molecule has 0 atom stereocenters. The number of urea groups is 1. The number of pyridine rings is 1. The molecule has 6 nitrogen and oxygen atoms in total. The van der Waals surface area contributed by atoms with Crippen LogP contribution in [-0.2, 0) is 24.1 Å². The van der Waals surface area contributed by atoms with E-state index in [-0.39, 0.29) is 11.1 Å². The van der Waals surface area contributed by atoms with Gasteiger partial charge in [-0.1, -0.05) is 35.9 Å². The average Bonchev–Trinajstić information content (AvgIpc) is 2.76. The number of rotatable bonds is 6. The van der Waals surface area contributed by atoms with Crippen molar-refractivity contribution in [1.82, 2.24) is 15.2 Å². The molecule has 2 aromatic rings. The van der Waals surface area contributed by atoms with Gasteiger partial charge in [0.1, 0.15) is 5.82 Å². The van der Waals surface area contributed by atoms with Crippen LogP contribution in [0.4, 0.5) is 23.8 Å². The summed E-state index contributed by atoms with van der Waals surface area (Å²) < 4.78 is 43.8. The molecule has 1 aliphatic rings. The van der Waals surface area contributed by atoms with Gasteiger partial charge in [0.15, 0.2) is 0 Å². The Morgan fingerprint density at radius 1 is 1.19 bits per heavy atom. The number of hydrogen-bond acceptors (Lipinski definition) is 4. The Bertz CT molecular complexity index is 902. The van der Waals surface area contributed by atoms with Crippen LogP contribution < -0.4 is 10.2 Å². The van der Waals surface area contributed by atoms with Crippen molar-refractivity contribution >= 4 is 23.4 Å². The van der Waals surface area contributed by atoms with Crippen molar-refractivity contribution < 1.29 is 22.7 Å². The smallest absolute Gasteiger partial charge is 0.377 e. The van der Waals surface area contributed by atoms with Crippen LogP contribution >= 0.6 is 11.6 Å². The van der Waals surface area contributed by atoms with Gasteiger partial charge in [0, 0.05) is 45.5 Å². The van der Waals surface area contributed by atoms with E-state index in [0.717, 1.165) is 23.4 Å². The van der Waals surface area contributed by atoms with Crippen molar-refractivity contribution in [2.75, 3.05) is 37.7 Å². The van der Waals surface area contributed by atoms with Gasteiger partial charge in [-0.2, -0.15) is 13.2 Å². The first-order valence-electron chi connectivity index (χ1n) is 9.94. The van der Waals surface area contributed by atoms with E-state index in [4.69, 9.17) is 16.3 Å². The lowest BCUT2D eigenvalue weighted by Crippen LogP contribution is -2.52. The first-order chi connectivity index (χ1) is 14.8. The molecule has 3 rings (SSSR count). The number of nitrogens with zero attached hydrogens (tertiary/aromatic N) is 3. The fraction of sp³-hybridized carbons (Fsp3) is 0.429. The van der Waals surface area contributed by atoms with Gasteiger partial charge in [-0.3, -0.25) is 0 Å². The number of alkyl halides is 3. The quantitative estimate of drug-likeness (QED) is 0.703. The van der Waals surface area contributed by atoms with Gasteiger partial charge in [-0.05, 0) is 24.1 Å². The van der Waals surface area contributed by atoms with Gasteiger partial charge < -0.3 is 19.9 Å². The average molecular weight is 457 g/mol. The third kappa shape index (κ3) is 6.01. The molecule has 0 saturated carbocycles. The van der Waals surface area contributed by atoms with Crippen molar-refractivity contribution in [3.8, 4) is 0 Å². The third-order valence-corrected chi connectivity index (χ3v) is 5.30. The summed E-state index contributed by atoms with van der Waals surface area (Å²) >= 11 is 6.03. The second-order valence-corrected chi connectivity index (χ2v) is 7.47. The third-order valence-electron chi connectivity index (χ3n) is 5.03. The normalized spacial score (nSPS) is 14.6. The van der Waals surface area contributed by atoms with Crippen molar-refractivity contribution in [1.29, 1.82) is 0 Å². The lowest BCUT2D eigenvalue weighted by Gasteiger charge is -2.35. The highest BCUT2D eigenvalue weighted by atomic mass is 35.5. The number of amides is 2. The molecule has 0 aliphatic carbocycles. The van der Waals surface area contributed by atoms with Crippen LogP contribution in [0.2, 0.25) is 5.02 Å². The first-order valence-corrected chi connectivity index (χ1v) is 10.3. The molecule has 10 heteroatoms. The summed E-state index contributed by atoms with van der Waals surface area (Å²) in [6, 6.07) is 8.44. The predicted molar refractivity (Wildman–Crippen MR) is 112 cm³/mol. The summed E-state index contributed by atoms with van der Waals surface area (Å²) in [7, 11) is 0. The van der Waals surface area contributed by atoms with E-state index in [1.165, 1.54) is 0 Å². The zero-order chi connectivity index (χ0) is 22.4. The van der Waals surface area contributed by atoms with Crippen LogP contribution in [0.5, 0.6) is 0 Å². The molecule has 0 unspecified atom stereocenters. The second kappa shape index (κ2) is 10.2. The van der Waals surface area contributed by atoms with E-state index in [1.54, 1.807) is 9.80 Å². The highest BCUT2D eigenvalue weighted by Gasteiger charge is 2.32. The fourth-order valence-corrected chi connectivity index (χ4v) is 3.59. The van der Waals surface area contributed by atoms with Crippen molar-refractivity contribution in [3.63, 3.8) is 0 Å². The van der Waals surface area contributed by atoms with E-state index < -0.39 is 11.7 Å². The molecule has 0 spiro atoms. The van der Waals surface area contributed by atoms with Gasteiger partial charge in [-0.25, -0.2) is 9.78 Å². The molecule has 1 fully saturated rings. The molecule has 31 heavy (non-hydrogen) atoms. The van der Waals surface area contributed by atoms with E-state index in [2.05, 4.69) is 10.3 Å². The minimum absolute atomic E-state index is 0.0568. The molecule has 1 saturated heterocycles. The number of nitrogens with one attached hydrogen (secondary N) is 1. The van der Waals surface area contributed by atoms with Gasteiger partial charge in [0.2, 0.25) is 0 Å². The summed E-state index contributed by atoms with van der Waals surface area (Å²) in [6.07, 6.45) is -3.72. The van der Waals surface area contributed by atoms with Crippen LogP contribution in [-0.4, -0.2) is 48.7 Å². The number of ether oxygens (including phenoxy) is 1. The van der Waals surface area contributed by atoms with Gasteiger partial charge in [0.25, 0.3) is 0 Å². The number of carbonyl (C=O) groups is 1. The Kier molecular flexibility index (Phi) is 7.61. The summed E-state index contributed by atoms with van der Waals surface area (Å²) in [5.74, 6) is 0.291. The SMILES string of the molecule is CCOCc1ccccc1CNC(=O)N1CCN(c2ncc(C(F)(F)F)cc2Cl)CC1. The number of halogens is 4. The van der Waals surface area contributed by atoms with Crippen LogP contribution in [0.1, 0.15) is 23.6 Å². The number of hydrogen-bond donors (Lipinski definition) is 1. The summed E-state index contributed by atoms with van der Waals surface area (Å²) in [4.78, 5) is 19.9. The number of aromatic nitrogens is 1. The lowest BCUT2D eigenvalue weighted by atomic mass is 10.1. The minimum atomic E-state index is -4.49. The van der Waals surface area contributed by atoms with Crippen molar-refractivity contribution in [2.24, 2.45) is 0 Å². The Morgan fingerprint density at radius 3 is 2.48 bits per heavy atom. The van der Waals surface area contributed by atoms with Crippen LogP contribution in [0.25, 0.3) is 0 Å². The van der Waals surface area contributed by atoms with Gasteiger partial charge in [-0.15, -0.1) is 0 Å². The number of piperazine rings is 1. The molecule has 2 amide bonds. The number of carbonyl (C=O) groups excluding carboxylic acids is 1. The van der Waals surface area contributed by atoms with E-state index >= 15 is 0 Å². The zero-order valence-corrected chi connectivity index (χ0v) is 17.8. The number of anilines is 1. The molecule has 2 heterocycles. The lowest BCUT2D eigenvalue weighted by molar-refractivity contribution is -0.137. The topological polar surface area (TPSA) is 57.7 Å². The Balaban J connectivity index is 1.54. The Hall–Kier alpha value is -2.52. The molecule has 1 aromatic heterocycles. The summed E-state index contributed by atoms with van der Waals surface area (Å²) in [5.41, 5.74) is 1.13. The summed E-state index contributed by atoms with van der Waals surface area (Å²) in [6.45, 7) is 5.08. The van der Waals surface area contributed by atoms with Crippen LogP contribution in [0.15, 0.2) is 36.5 Å². The second-order valence-electron chi connectivity index (χ2n) is 7.07. The first kappa shape index (κ1) is 23.1. The minimum Gasteiger partial charge on any atom is -0.377 e. The van der Waals surface area contributed by atoms with Crippen molar-refractivity contribution in [3.05, 3.63) is 58.2 Å². The van der Waals surface area contributed by atoms with Gasteiger partial charge >= 0.3 is 12.2 Å². The molecule has 1 aromatic carbocycles. The van der Waals surface area contributed by atoms with Crippen LogP contribution in [0.3, 0.4) is 0 Å². The standard InChI is InChI=1S/C21H24ClF3N4O2/c1-2-31-14-16-6-4-3-5-15(16)12-27-20(30)29-9-7-28(8-10-29)19-18(22)11-17(13-26-19)21(23,24)25/h3-6,11,13H,2,7-10,12,14H2,1H3,(H,27,30). The molecular weight excluding hydrogens is 433 g/mol. The molecule has 168 valence electrons. The molecule has 0 radical (unpaired) electrons. The molecular formula is C21H24ClF3N4O2. The maximum Gasteiger partial charge on any atom is 0.417 e. The number of benzene rings is 1. The molecule has 0 bridgehead atoms. The van der Waals surface area contributed by atoms with Gasteiger partial charge in [0.05, 0.1) is 17.2 Å². The largest absolute Gasteiger partial charge is 0.417 e. The van der Waals surface area contributed by atoms with Crippen LogP contribution in [0, 0.1) is 0 Å². The summed E-state index contributed by atoms with van der Waals surface area (Å²) in [5, 5.41) is 2.86. The van der Waals surface area contributed by atoms with E-state index in [0.29, 0.717) is 51.8 Å². The zero-order valence-electron chi connectivity index (χ0n) is 17.1. The predicted octanol–water partition coefficient (Wildman–Crippen LogP) is 4.32. The maximum atomic E-state index is 12.8. The fourth-order valence-electron chi connectivity index (χ4n) is 3.31. The molecule has 1 N–H and O–H groups in total.